The minimum atomic E-state index is -0.352. The van der Waals surface area contributed by atoms with Gasteiger partial charge in [-0.2, -0.15) is 0 Å². The smallest absolute Gasteiger partial charge is 0.236 e. The Kier molecular flexibility index (Phi) is 6.27. The van der Waals surface area contributed by atoms with Crippen LogP contribution >= 0.6 is 0 Å². The van der Waals surface area contributed by atoms with Crippen molar-refractivity contribution in [1.82, 2.24) is 5.32 Å². The lowest BCUT2D eigenvalue weighted by Gasteiger charge is -2.16. The lowest BCUT2D eigenvalue weighted by Crippen LogP contribution is -2.41. The third-order valence-electron chi connectivity index (χ3n) is 3.19. The summed E-state index contributed by atoms with van der Waals surface area (Å²) in [6, 6.07) is -0.352. The number of amides is 1. The molecule has 3 heteroatoms. The van der Waals surface area contributed by atoms with Crippen LogP contribution in [0.2, 0.25) is 0 Å². The molecule has 0 radical (unpaired) electrons. The molecule has 0 unspecified atom stereocenters. The fourth-order valence-corrected chi connectivity index (χ4v) is 2.22. The first-order valence-electron chi connectivity index (χ1n) is 6.80. The van der Waals surface area contributed by atoms with Gasteiger partial charge in [0.25, 0.3) is 0 Å². The zero-order valence-corrected chi connectivity index (χ0v) is 11.2. The molecule has 0 bridgehead atoms. The Morgan fingerprint density at radius 3 is 2.82 bits per heavy atom. The predicted octanol–water partition coefficient (Wildman–Crippen LogP) is 2.37. The molecular formula is C14H26N2O. The Bertz CT molecular complexity index is 271. The lowest BCUT2D eigenvalue weighted by atomic mass is 9.97. The first-order chi connectivity index (χ1) is 8.09. The van der Waals surface area contributed by atoms with Crippen molar-refractivity contribution in [2.24, 2.45) is 11.7 Å². The minimum Gasteiger partial charge on any atom is -0.354 e. The Balaban J connectivity index is 2.17. The number of carbonyl (C=O) groups excluding carboxylic acids is 1. The molecule has 1 rings (SSSR count). The molecule has 1 atom stereocenters. The second-order valence-corrected chi connectivity index (χ2v) is 5.39. The highest BCUT2D eigenvalue weighted by molar-refractivity contribution is 5.81. The normalized spacial score (nSPS) is 17.8. The standard InChI is InChI=1S/C14H26N2O/c1-11(2)10-13(15)14(17)16-9-8-12-6-4-3-5-7-12/h6,11,13H,3-5,7-10,15H2,1-2H3,(H,16,17)/t13-/m0/s1. The van der Waals surface area contributed by atoms with Crippen LogP contribution < -0.4 is 11.1 Å². The summed E-state index contributed by atoms with van der Waals surface area (Å²) in [5, 5.41) is 2.93. The summed E-state index contributed by atoms with van der Waals surface area (Å²) in [6.07, 6.45) is 9.09. The van der Waals surface area contributed by atoms with Crippen molar-refractivity contribution in [2.75, 3.05) is 6.54 Å². The molecule has 0 fully saturated rings. The molecule has 0 heterocycles. The van der Waals surface area contributed by atoms with Crippen LogP contribution in [-0.4, -0.2) is 18.5 Å². The van der Waals surface area contributed by atoms with E-state index in [1.807, 2.05) is 0 Å². The van der Waals surface area contributed by atoms with Crippen molar-refractivity contribution in [3.63, 3.8) is 0 Å². The van der Waals surface area contributed by atoms with Gasteiger partial charge in [0.2, 0.25) is 5.91 Å². The molecule has 0 aromatic heterocycles. The third kappa shape index (κ3) is 5.87. The summed E-state index contributed by atoms with van der Waals surface area (Å²) in [5.74, 6) is 0.465. The van der Waals surface area contributed by atoms with Gasteiger partial charge in [-0.25, -0.2) is 0 Å². The van der Waals surface area contributed by atoms with Gasteiger partial charge < -0.3 is 11.1 Å². The van der Waals surface area contributed by atoms with E-state index in [1.165, 1.54) is 31.3 Å². The molecule has 1 aliphatic rings. The van der Waals surface area contributed by atoms with Gasteiger partial charge in [-0.15, -0.1) is 0 Å². The topological polar surface area (TPSA) is 55.1 Å². The van der Waals surface area contributed by atoms with E-state index in [0.29, 0.717) is 5.92 Å². The second kappa shape index (κ2) is 7.49. The summed E-state index contributed by atoms with van der Waals surface area (Å²) in [4.78, 5) is 11.7. The van der Waals surface area contributed by atoms with Gasteiger partial charge >= 0.3 is 0 Å². The molecule has 0 aliphatic heterocycles. The fourth-order valence-electron chi connectivity index (χ4n) is 2.22. The zero-order valence-electron chi connectivity index (χ0n) is 11.2. The number of nitrogens with two attached hydrogens (primary N) is 1. The average molecular weight is 238 g/mol. The fraction of sp³-hybridized carbons (Fsp3) is 0.786. The van der Waals surface area contributed by atoms with Crippen LogP contribution in [0.5, 0.6) is 0 Å². The van der Waals surface area contributed by atoms with Crippen molar-refractivity contribution in [3.8, 4) is 0 Å². The van der Waals surface area contributed by atoms with Crippen molar-refractivity contribution in [2.45, 2.75) is 58.4 Å². The van der Waals surface area contributed by atoms with E-state index in [9.17, 15) is 4.79 Å². The highest BCUT2D eigenvalue weighted by Crippen LogP contribution is 2.19. The van der Waals surface area contributed by atoms with Gasteiger partial charge in [-0.1, -0.05) is 25.5 Å². The van der Waals surface area contributed by atoms with Crippen molar-refractivity contribution in [3.05, 3.63) is 11.6 Å². The molecule has 17 heavy (non-hydrogen) atoms. The van der Waals surface area contributed by atoms with Crippen LogP contribution in [0, 0.1) is 5.92 Å². The van der Waals surface area contributed by atoms with Crippen LogP contribution in [0.4, 0.5) is 0 Å². The molecule has 1 aliphatic carbocycles. The molecule has 1 amide bonds. The van der Waals surface area contributed by atoms with E-state index >= 15 is 0 Å². The van der Waals surface area contributed by atoms with Crippen molar-refractivity contribution < 1.29 is 4.79 Å². The van der Waals surface area contributed by atoms with Crippen LogP contribution in [0.1, 0.15) is 52.4 Å². The van der Waals surface area contributed by atoms with Crippen LogP contribution in [0.15, 0.2) is 11.6 Å². The number of rotatable bonds is 6. The van der Waals surface area contributed by atoms with E-state index in [4.69, 9.17) is 5.73 Å². The number of allylic oxidation sites excluding steroid dienone is 1. The van der Waals surface area contributed by atoms with E-state index in [1.54, 1.807) is 0 Å². The Labute approximate surface area is 105 Å². The largest absolute Gasteiger partial charge is 0.354 e. The molecule has 3 N–H and O–H groups in total. The van der Waals surface area contributed by atoms with E-state index in [0.717, 1.165) is 19.4 Å². The quantitative estimate of drug-likeness (QED) is 0.698. The Morgan fingerprint density at radius 1 is 1.47 bits per heavy atom. The van der Waals surface area contributed by atoms with Crippen LogP contribution in [-0.2, 0) is 4.79 Å². The summed E-state index contributed by atoms with van der Waals surface area (Å²) in [5.41, 5.74) is 7.31. The van der Waals surface area contributed by atoms with Gasteiger partial charge in [0, 0.05) is 6.54 Å². The first-order valence-corrected chi connectivity index (χ1v) is 6.80. The first kappa shape index (κ1) is 14.2. The summed E-state index contributed by atoms with van der Waals surface area (Å²) in [6.45, 7) is 4.90. The molecule has 3 nitrogen and oxygen atoms in total. The Morgan fingerprint density at radius 2 is 2.24 bits per heavy atom. The second-order valence-electron chi connectivity index (χ2n) is 5.39. The number of carbonyl (C=O) groups is 1. The number of nitrogens with one attached hydrogen (secondary N) is 1. The van der Waals surface area contributed by atoms with Crippen molar-refractivity contribution in [1.29, 1.82) is 0 Å². The minimum absolute atomic E-state index is 0.00453. The predicted molar refractivity (Wildman–Crippen MR) is 71.6 cm³/mol. The lowest BCUT2D eigenvalue weighted by molar-refractivity contribution is -0.122. The summed E-state index contributed by atoms with van der Waals surface area (Å²) < 4.78 is 0. The zero-order chi connectivity index (χ0) is 12.7. The average Bonchev–Trinajstić information content (AvgIpc) is 2.29. The van der Waals surface area contributed by atoms with Crippen LogP contribution in [0.25, 0.3) is 0 Å². The molecular weight excluding hydrogens is 212 g/mol. The third-order valence-corrected chi connectivity index (χ3v) is 3.19. The Hall–Kier alpha value is -0.830. The molecule has 0 aromatic carbocycles. The maximum absolute atomic E-state index is 11.7. The molecule has 98 valence electrons. The number of hydrogen-bond donors (Lipinski definition) is 2. The monoisotopic (exact) mass is 238 g/mol. The van der Waals surface area contributed by atoms with E-state index in [-0.39, 0.29) is 11.9 Å². The van der Waals surface area contributed by atoms with Gasteiger partial charge in [0.15, 0.2) is 0 Å². The molecule has 0 saturated carbocycles. The van der Waals surface area contributed by atoms with E-state index in [2.05, 4.69) is 25.2 Å². The van der Waals surface area contributed by atoms with Crippen LogP contribution in [0.3, 0.4) is 0 Å². The number of hydrogen-bond acceptors (Lipinski definition) is 2. The summed E-state index contributed by atoms with van der Waals surface area (Å²) in [7, 11) is 0. The molecule has 0 aromatic rings. The SMILES string of the molecule is CC(C)C[C@H](N)C(=O)NCCC1=CCCCC1. The maximum atomic E-state index is 11.7. The van der Waals surface area contributed by atoms with Crippen molar-refractivity contribution >= 4 is 5.91 Å². The van der Waals surface area contributed by atoms with Gasteiger partial charge in [0.05, 0.1) is 6.04 Å². The molecule has 0 saturated heterocycles. The maximum Gasteiger partial charge on any atom is 0.236 e. The van der Waals surface area contributed by atoms with Gasteiger partial charge in [-0.05, 0) is 44.4 Å². The van der Waals surface area contributed by atoms with Gasteiger partial charge in [-0.3, -0.25) is 4.79 Å². The van der Waals surface area contributed by atoms with Gasteiger partial charge in [0.1, 0.15) is 0 Å². The summed E-state index contributed by atoms with van der Waals surface area (Å²) >= 11 is 0. The van der Waals surface area contributed by atoms with E-state index < -0.39 is 0 Å². The highest BCUT2D eigenvalue weighted by Gasteiger charge is 2.14. The molecule has 0 spiro atoms. The highest BCUT2D eigenvalue weighted by atomic mass is 16.2.